The summed E-state index contributed by atoms with van der Waals surface area (Å²) in [5.74, 6) is -0.960. The lowest BCUT2D eigenvalue weighted by molar-refractivity contribution is -0.152. The predicted molar refractivity (Wildman–Crippen MR) is 59.3 cm³/mol. The van der Waals surface area contributed by atoms with Crippen molar-refractivity contribution in [2.24, 2.45) is 5.73 Å². The third kappa shape index (κ3) is 2.58. The molecule has 96 valence electrons. The number of carbonyl (C=O) groups excluding carboxylic acids is 1. The van der Waals surface area contributed by atoms with Gasteiger partial charge in [0.25, 0.3) is 0 Å². The molecule has 1 aliphatic heterocycles. The average molecular weight is 242 g/mol. The number of carbonyl (C=O) groups is 2. The zero-order valence-corrected chi connectivity index (χ0v) is 9.72. The molecule has 1 heterocycles. The number of ether oxygens (including phenoxy) is 1. The summed E-state index contributed by atoms with van der Waals surface area (Å²) < 4.78 is 5.32. The van der Waals surface area contributed by atoms with E-state index in [1.54, 1.807) is 4.90 Å². The fraction of sp³-hybridized carbons (Fsp3) is 0.818. The number of nitrogens with zero attached hydrogens (tertiary/aromatic N) is 1. The highest BCUT2D eigenvalue weighted by Gasteiger charge is 2.43. The standard InChI is InChI=1S/C11H18N2O4/c12-11(2-1-3-11)10(16)13-4-5-17-8(7-13)6-9(14)15/h8H,1-7,12H2,(H,14,15). The van der Waals surface area contributed by atoms with Crippen LogP contribution < -0.4 is 5.73 Å². The summed E-state index contributed by atoms with van der Waals surface area (Å²) in [6.45, 7) is 1.23. The topological polar surface area (TPSA) is 92.9 Å². The van der Waals surface area contributed by atoms with E-state index in [-0.39, 0.29) is 12.3 Å². The van der Waals surface area contributed by atoms with Crippen LogP contribution in [-0.2, 0) is 14.3 Å². The highest BCUT2D eigenvalue weighted by atomic mass is 16.5. The van der Waals surface area contributed by atoms with Crippen molar-refractivity contribution in [3.05, 3.63) is 0 Å². The Morgan fingerprint density at radius 1 is 1.47 bits per heavy atom. The van der Waals surface area contributed by atoms with Crippen molar-refractivity contribution in [1.29, 1.82) is 0 Å². The molecule has 1 atom stereocenters. The molecule has 1 unspecified atom stereocenters. The van der Waals surface area contributed by atoms with Crippen LogP contribution in [-0.4, -0.2) is 53.2 Å². The number of nitrogens with two attached hydrogens (primary N) is 1. The molecular formula is C11H18N2O4. The Labute approximate surface area is 99.7 Å². The molecule has 0 aromatic rings. The lowest BCUT2D eigenvalue weighted by atomic mass is 9.76. The summed E-state index contributed by atoms with van der Waals surface area (Å²) in [4.78, 5) is 24.4. The van der Waals surface area contributed by atoms with Gasteiger partial charge in [-0.15, -0.1) is 0 Å². The van der Waals surface area contributed by atoms with Crippen LogP contribution >= 0.6 is 0 Å². The van der Waals surface area contributed by atoms with Gasteiger partial charge in [-0.3, -0.25) is 9.59 Å². The van der Waals surface area contributed by atoms with Crippen molar-refractivity contribution in [1.82, 2.24) is 4.90 Å². The van der Waals surface area contributed by atoms with E-state index in [1.807, 2.05) is 0 Å². The molecule has 3 N–H and O–H groups in total. The number of rotatable bonds is 3. The van der Waals surface area contributed by atoms with Crippen LogP contribution in [0.1, 0.15) is 25.7 Å². The molecule has 1 amide bonds. The highest BCUT2D eigenvalue weighted by Crippen LogP contribution is 2.31. The van der Waals surface area contributed by atoms with Gasteiger partial charge in [0.15, 0.2) is 0 Å². The van der Waals surface area contributed by atoms with Crippen LogP contribution in [0.2, 0.25) is 0 Å². The zero-order chi connectivity index (χ0) is 12.5. The Bertz CT molecular complexity index is 327. The molecule has 0 aromatic carbocycles. The Morgan fingerprint density at radius 3 is 2.71 bits per heavy atom. The molecule has 1 saturated heterocycles. The lowest BCUT2D eigenvalue weighted by Gasteiger charge is -2.42. The molecule has 2 aliphatic rings. The van der Waals surface area contributed by atoms with Gasteiger partial charge >= 0.3 is 5.97 Å². The summed E-state index contributed by atoms with van der Waals surface area (Å²) in [6, 6.07) is 0. The van der Waals surface area contributed by atoms with Crippen molar-refractivity contribution < 1.29 is 19.4 Å². The fourth-order valence-corrected chi connectivity index (χ4v) is 2.31. The minimum atomic E-state index is -0.907. The molecule has 1 aliphatic carbocycles. The summed E-state index contributed by atoms with van der Waals surface area (Å²) in [5, 5.41) is 8.70. The molecule has 1 saturated carbocycles. The third-order valence-corrected chi connectivity index (χ3v) is 3.50. The molecule has 0 radical (unpaired) electrons. The van der Waals surface area contributed by atoms with Gasteiger partial charge in [0, 0.05) is 13.1 Å². The first kappa shape index (κ1) is 12.3. The van der Waals surface area contributed by atoms with Crippen molar-refractivity contribution in [2.75, 3.05) is 19.7 Å². The Kier molecular flexibility index (Phi) is 3.35. The lowest BCUT2D eigenvalue weighted by Crippen LogP contribution is -2.62. The van der Waals surface area contributed by atoms with Gasteiger partial charge < -0.3 is 20.5 Å². The first-order chi connectivity index (χ1) is 8.01. The van der Waals surface area contributed by atoms with E-state index in [9.17, 15) is 9.59 Å². The highest BCUT2D eigenvalue weighted by molar-refractivity contribution is 5.87. The van der Waals surface area contributed by atoms with E-state index in [1.165, 1.54) is 0 Å². The van der Waals surface area contributed by atoms with Gasteiger partial charge in [0.2, 0.25) is 5.91 Å². The number of hydrogen-bond acceptors (Lipinski definition) is 4. The third-order valence-electron chi connectivity index (χ3n) is 3.50. The Balaban J connectivity index is 1.92. The fourth-order valence-electron chi connectivity index (χ4n) is 2.31. The zero-order valence-electron chi connectivity index (χ0n) is 9.72. The summed E-state index contributed by atoms with van der Waals surface area (Å²) in [6.07, 6.45) is 1.97. The predicted octanol–water partition coefficient (Wildman–Crippen LogP) is -0.430. The van der Waals surface area contributed by atoms with E-state index < -0.39 is 17.6 Å². The van der Waals surface area contributed by atoms with E-state index in [0.29, 0.717) is 19.7 Å². The number of amides is 1. The van der Waals surface area contributed by atoms with Gasteiger partial charge in [-0.2, -0.15) is 0 Å². The van der Waals surface area contributed by atoms with Crippen LogP contribution in [0, 0.1) is 0 Å². The van der Waals surface area contributed by atoms with Crippen LogP contribution in [0.4, 0.5) is 0 Å². The van der Waals surface area contributed by atoms with Crippen molar-refractivity contribution >= 4 is 11.9 Å². The number of hydrogen-bond donors (Lipinski definition) is 2. The molecule has 2 rings (SSSR count). The minimum Gasteiger partial charge on any atom is -0.481 e. The first-order valence-corrected chi connectivity index (χ1v) is 5.93. The molecular weight excluding hydrogens is 224 g/mol. The van der Waals surface area contributed by atoms with Gasteiger partial charge in [0.05, 0.1) is 24.7 Å². The molecule has 6 nitrogen and oxygen atoms in total. The largest absolute Gasteiger partial charge is 0.481 e. The molecule has 17 heavy (non-hydrogen) atoms. The average Bonchev–Trinajstić information content (AvgIpc) is 2.24. The molecule has 0 spiro atoms. The minimum absolute atomic E-state index is 0.0533. The molecule has 0 bridgehead atoms. The van der Waals surface area contributed by atoms with Crippen molar-refractivity contribution in [3.8, 4) is 0 Å². The Morgan fingerprint density at radius 2 is 2.18 bits per heavy atom. The maximum atomic E-state index is 12.1. The maximum Gasteiger partial charge on any atom is 0.306 e. The summed E-state index contributed by atoms with van der Waals surface area (Å²) in [7, 11) is 0. The van der Waals surface area contributed by atoms with Gasteiger partial charge in [0.1, 0.15) is 0 Å². The maximum absolute atomic E-state index is 12.1. The smallest absolute Gasteiger partial charge is 0.306 e. The number of carboxylic acids is 1. The second-order valence-corrected chi connectivity index (χ2v) is 4.85. The molecule has 2 fully saturated rings. The monoisotopic (exact) mass is 242 g/mol. The van der Waals surface area contributed by atoms with Gasteiger partial charge in [-0.25, -0.2) is 0 Å². The van der Waals surface area contributed by atoms with Gasteiger partial charge in [-0.1, -0.05) is 0 Å². The normalized spacial score (nSPS) is 27.4. The number of carboxylic acid groups (broad SMARTS) is 1. The molecule has 0 aromatic heterocycles. The number of aliphatic carboxylic acids is 1. The van der Waals surface area contributed by atoms with Gasteiger partial charge in [-0.05, 0) is 19.3 Å². The van der Waals surface area contributed by atoms with Crippen LogP contribution in [0.15, 0.2) is 0 Å². The van der Waals surface area contributed by atoms with E-state index in [4.69, 9.17) is 15.6 Å². The van der Waals surface area contributed by atoms with E-state index in [0.717, 1.165) is 19.3 Å². The van der Waals surface area contributed by atoms with E-state index >= 15 is 0 Å². The summed E-state index contributed by atoms with van der Waals surface area (Å²) >= 11 is 0. The Hall–Kier alpha value is -1.14. The van der Waals surface area contributed by atoms with Crippen LogP contribution in [0.3, 0.4) is 0 Å². The quantitative estimate of drug-likeness (QED) is 0.700. The summed E-state index contributed by atoms with van der Waals surface area (Å²) in [5.41, 5.74) is 5.27. The van der Waals surface area contributed by atoms with Crippen molar-refractivity contribution in [3.63, 3.8) is 0 Å². The molecule has 6 heteroatoms. The van der Waals surface area contributed by atoms with Crippen molar-refractivity contribution in [2.45, 2.75) is 37.3 Å². The SMILES string of the molecule is NC1(C(=O)N2CCOC(CC(=O)O)C2)CCC1. The van der Waals surface area contributed by atoms with Crippen LogP contribution in [0.5, 0.6) is 0 Å². The second-order valence-electron chi connectivity index (χ2n) is 4.85. The first-order valence-electron chi connectivity index (χ1n) is 5.93. The van der Waals surface area contributed by atoms with Crippen LogP contribution in [0.25, 0.3) is 0 Å². The number of morpholine rings is 1. The second kappa shape index (κ2) is 4.62. The van der Waals surface area contributed by atoms with E-state index in [2.05, 4.69) is 0 Å².